The van der Waals surface area contributed by atoms with Gasteiger partial charge in [-0.15, -0.1) is 0 Å². The quantitative estimate of drug-likeness (QED) is 0.901. The summed E-state index contributed by atoms with van der Waals surface area (Å²) >= 11 is 0. The van der Waals surface area contributed by atoms with Crippen LogP contribution in [0.2, 0.25) is 0 Å². The molecule has 0 saturated carbocycles. The number of benzene rings is 1. The van der Waals surface area contributed by atoms with Crippen molar-refractivity contribution in [1.29, 1.82) is 0 Å². The van der Waals surface area contributed by atoms with Crippen LogP contribution in [0.25, 0.3) is 0 Å². The third-order valence-corrected chi connectivity index (χ3v) is 4.00. The summed E-state index contributed by atoms with van der Waals surface area (Å²) < 4.78 is 13.8. The molecule has 2 N–H and O–H groups in total. The minimum atomic E-state index is -0.122. The maximum atomic E-state index is 13.8. The lowest BCUT2D eigenvalue weighted by Gasteiger charge is -2.39. The predicted molar refractivity (Wildman–Crippen MR) is 76.3 cm³/mol. The number of hydrogen-bond acceptors (Lipinski definition) is 3. The van der Waals surface area contributed by atoms with Crippen LogP contribution in [0.5, 0.6) is 0 Å². The van der Waals surface area contributed by atoms with Gasteiger partial charge in [-0.1, -0.05) is 19.1 Å². The number of rotatable bonds is 4. The van der Waals surface area contributed by atoms with E-state index in [-0.39, 0.29) is 5.82 Å². The van der Waals surface area contributed by atoms with E-state index in [1.807, 2.05) is 6.07 Å². The van der Waals surface area contributed by atoms with Gasteiger partial charge in [-0.25, -0.2) is 4.39 Å². The van der Waals surface area contributed by atoms with Crippen LogP contribution in [0.1, 0.15) is 25.0 Å². The second-order valence-corrected chi connectivity index (χ2v) is 5.34. The molecular weight excluding hydrogens is 241 g/mol. The molecule has 1 atom stereocenters. The van der Waals surface area contributed by atoms with Crippen molar-refractivity contribution in [3.63, 3.8) is 0 Å². The lowest BCUT2D eigenvalue weighted by atomic mass is 10.1. The molecule has 1 saturated heterocycles. The van der Waals surface area contributed by atoms with Gasteiger partial charge in [0.05, 0.1) is 0 Å². The zero-order valence-electron chi connectivity index (χ0n) is 11.9. The maximum absolute atomic E-state index is 13.8. The van der Waals surface area contributed by atoms with Gasteiger partial charge < -0.3 is 5.73 Å². The van der Waals surface area contributed by atoms with E-state index in [2.05, 4.69) is 23.6 Å². The molecule has 1 aliphatic heterocycles. The molecule has 3 nitrogen and oxygen atoms in total. The van der Waals surface area contributed by atoms with Crippen molar-refractivity contribution in [3.8, 4) is 0 Å². The number of likely N-dealkylation sites (N-methyl/N-ethyl adjacent to an activating group) is 1. The lowest BCUT2D eigenvalue weighted by Crippen LogP contribution is -2.51. The first-order valence-corrected chi connectivity index (χ1v) is 7.07. The monoisotopic (exact) mass is 265 g/mol. The molecule has 0 radical (unpaired) electrons. The SMILES string of the molecule is CCN1CCN(Cc2cc(CN)ccc2F)CC1C. The van der Waals surface area contributed by atoms with Gasteiger partial charge in [-0.2, -0.15) is 0 Å². The Bertz CT molecular complexity index is 422. The van der Waals surface area contributed by atoms with Crippen LogP contribution in [0.4, 0.5) is 4.39 Å². The minimum Gasteiger partial charge on any atom is -0.326 e. The van der Waals surface area contributed by atoms with Crippen molar-refractivity contribution in [3.05, 3.63) is 35.1 Å². The van der Waals surface area contributed by atoms with Crippen LogP contribution in [0.15, 0.2) is 18.2 Å². The Labute approximate surface area is 115 Å². The summed E-state index contributed by atoms with van der Waals surface area (Å²) in [6.07, 6.45) is 0. The molecule has 19 heavy (non-hydrogen) atoms. The molecule has 1 unspecified atom stereocenters. The van der Waals surface area contributed by atoms with Crippen LogP contribution in [0.3, 0.4) is 0 Å². The number of halogens is 1. The molecule has 0 amide bonds. The number of nitrogens with two attached hydrogens (primary N) is 1. The van der Waals surface area contributed by atoms with E-state index < -0.39 is 0 Å². The van der Waals surface area contributed by atoms with Gasteiger partial charge in [0, 0.05) is 44.3 Å². The first kappa shape index (κ1) is 14.4. The van der Waals surface area contributed by atoms with Gasteiger partial charge in [-0.3, -0.25) is 9.80 Å². The minimum absolute atomic E-state index is 0.122. The summed E-state index contributed by atoms with van der Waals surface area (Å²) in [6, 6.07) is 5.73. The van der Waals surface area contributed by atoms with Gasteiger partial charge in [0.1, 0.15) is 5.82 Å². The fourth-order valence-corrected chi connectivity index (χ4v) is 2.80. The Morgan fingerprint density at radius 2 is 2.16 bits per heavy atom. The Hall–Kier alpha value is -0.970. The molecule has 2 rings (SSSR count). The normalized spacial score (nSPS) is 21.8. The van der Waals surface area contributed by atoms with Crippen LogP contribution < -0.4 is 5.73 Å². The fraction of sp³-hybridized carbons (Fsp3) is 0.600. The van der Waals surface area contributed by atoms with Crippen LogP contribution in [-0.4, -0.2) is 42.0 Å². The standard InChI is InChI=1S/C15H24FN3/c1-3-19-7-6-18(10-12(19)2)11-14-8-13(9-17)4-5-15(14)16/h4-5,8,12H,3,6-7,9-11,17H2,1-2H3. The van der Waals surface area contributed by atoms with Gasteiger partial charge in [0.25, 0.3) is 0 Å². The number of nitrogens with zero attached hydrogens (tertiary/aromatic N) is 2. The molecule has 0 bridgehead atoms. The third-order valence-electron chi connectivity index (χ3n) is 4.00. The highest BCUT2D eigenvalue weighted by Gasteiger charge is 2.22. The van der Waals surface area contributed by atoms with E-state index in [4.69, 9.17) is 5.73 Å². The van der Waals surface area contributed by atoms with E-state index in [0.29, 0.717) is 19.1 Å². The molecule has 4 heteroatoms. The Morgan fingerprint density at radius 3 is 2.79 bits per heavy atom. The summed E-state index contributed by atoms with van der Waals surface area (Å²) in [4.78, 5) is 4.79. The van der Waals surface area contributed by atoms with E-state index in [9.17, 15) is 4.39 Å². The van der Waals surface area contributed by atoms with Crippen LogP contribution in [-0.2, 0) is 13.1 Å². The summed E-state index contributed by atoms with van der Waals surface area (Å²) in [6.45, 7) is 9.74. The zero-order chi connectivity index (χ0) is 13.8. The van der Waals surface area contributed by atoms with Crippen molar-refractivity contribution >= 4 is 0 Å². The van der Waals surface area contributed by atoms with E-state index in [1.54, 1.807) is 6.07 Å². The highest BCUT2D eigenvalue weighted by molar-refractivity contribution is 5.25. The van der Waals surface area contributed by atoms with Crippen LogP contribution in [0, 0.1) is 5.82 Å². The molecule has 0 aromatic heterocycles. The van der Waals surface area contributed by atoms with E-state index >= 15 is 0 Å². The van der Waals surface area contributed by atoms with Crippen molar-refractivity contribution in [1.82, 2.24) is 9.80 Å². The fourth-order valence-electron chi connectivity index (χ4n) is 2.80. The number of hydrogen-bond donors (Lipinski definition) is 1. The molecular formula is C15H24FN3. The molecule has 1 heterocycles. The van der Waals surface area contributed by atoms with Crippen molar-refractivity contribution < 1.29 is 4.39 Å². The molecule has 0 spiro atoms. The Kier molecular flexibility index (Phi) is 4.91. The van der Waals surface area contributed by atoms with Gasteiger partial charge >= 0.3 is 0 Å². The Balaban J connectivity index is 2.02. The molecule has 1 aromatic carbocycles. The summed E-state index contributed by atoms with van der Waals surface area (Å²) in [5.74, 6) is -0.122. The van der Waals surface area contributed by atoms with Crippen LogP contribution >= 0.6 is 0 Å². The molecule has 0 aliphatic carbocycles. The van der Waals surface area contributed by atoms with E-state index in [0.717, 1.165) is 37.3 Å². The molecule has 1 fully saturated rings. The number of piperazine rings is 1. The molecule has 1 aromatic rings. The highest BCUT2D eigenvalue weighted by Crippen LogP contribution is 2.16. The Morgan fingerprint density at radius 1 is 1.37 bits per heavy atom. The summed E-state index contributed by atoms with van der Waals surface area (Å²) in [5, 5.41) is 0. The molecule has 1 aliphatic rings. The largest absolute Gasteiger partial charge is 0.326 e. The van der Waals surface area contributed by atoms with Crippen molar-refractivity contribution in [2.45, 2.75) is 33.0 Å². The highest BCUT2D eigenvalue weighted by atomic mass is 19.1. The van der Waals surface area contributed by atoms with Gasteiger partial charge in [-0.05, 0) is 25.1 Å². The van der Waals surface area contributed by atoms with Crippen molar-refractivity contribution in [2.24, 2.45) is 5.73 Å². The van der Waals surface area contributed by atoms with Gasteiger partial charge in [0.2, 0.25) is 0 Å². The summed E-state index contributed by atoms with van der Waals surface area (Å²) in [5.41, 5.74) is 7.38. The first-order chi connectivity index (χ1) is 9.13. The summed E-state index contributed by atoms with van der Waals surface area (Å²) in [7, 11) is 0. The lowest BCUT2D eigenvalue weighted by molar-refractivity contribution is 0.0827. The topological polar surface area (TPSA) is 32.5 Å². The smallest absolute Gasteiger partial charge is 0.127 e. The predicted octanol–water partition coefficient (Wildman–Crippen LogP) is 1.81. The second kappa shape index (κ2) is 6.46. The van der Waals surface area contributed by atoms with E-state index in [1.165, 1.54) is 6.07 Å². The second-order valence-electron chi connectivity index (χ2n) is 5.34. The maximum Gasteiger partial charge on any atom is 0.127 e. The van der Waals surface area contributed by atoms with Gasteiger partial charge in [0.15, 0.2) is 0 Å². The molecule has 106 valence electrons. The zero-order valence-corrected chi connectivity index (χ0v) is 11.9. The average Bonchev–Trinajstić information content (AvgIpc) is 2.41. The third kappa shape index (κ3) is 3.53. The first-order valence-electron chi connectivity index (χ1n) is 7.07. The van der Waals surface area contributed by atoms with Crippen molar-refractivity contribution in [2.75, 3.05) is 26.2 Å². The average molecular weight is 265 g/mol.